The lowest BCUT2D eigenvalue weighted by molar-refractivity contribution is 0.0926. The summed E-state index contributed by atoms with van der Waals surface area (Å²) in [4.78, 5) is 0.0110. The highest BCUT2D eigenvalue weighted by molar-refractivity contribution is 7.89. The molecule has 0 spiro atoms. The van der Waals surface area contributed by atoms with Gasteiger partial charge in [-0.25, -0.2) is 21.6 Å². The summed E-state index contributed by atoms with van der Waals surface area (Å²) in [5, 5.41) is 0.480. The maximum Gasteiger partial charge on any atom is 0.243 e. The summed E-state index contributed by atoms with van der Waals surface area (Å²) in [5.41, 5.74) is 0.684. The van der Waals surface area contributed by atoms with Crippen molar-refractivity contribution in [1.29, 1.82) is 0 Å². The molecule has 2 aromatic carbocycles. The van der Waals surface area contributed by atoms with Crippen LogP contribution >= 0.6 is 11.6 Å². The average molecular weight is 529 g/mol. The summed E-state index contributed by atoms with van der Waals surface area (Å²) >= 11 is 6.29. The van der Waals surface area contributed by atoms with Gasteiger partial charge in [-0.15, -0.1) is 0 Å². The summed E-state index contributed by atoms with van der Waals surface area (Å²) in [7, 11) is -7.71. The van der Waals surface area contributed by atoms with E-state index in [0.29, 0.717) is 23.8 Å². The first-order valence-electron chi connectivity index (χ1n) is 11.3. The molecule has 2 atom stereocenters. The highest BCUT2D eigenvalue weighted by atomic mass is 35.5. The zero-order valence-corrected chi connectivity index (χ0v) is 21.1. The highest BCUT2D eigenvalue weighted by Gasteiger charge is 2.30. The van der Waals surface area contributed by atoms with Crippen LogP contribution in [0.1, 0.15) is 31.2 Å². The number of nitrogens with one attached hydrogen (secondary N) is 1. The second-order valence-corrected chi connectivity index (χ2v) is 12.6. The fourth-order valence-electron chi connectivity index (χ4n) is 4.11. The van der Waals surface area contributed by atoms with Gasteiger partial charge in [0.2, 0.25) is 20.0 Å². The van der Waals surface area contributed by atoms with Crippen LogP contribution < -0.4 is 4.72 Å². The summed E-state index contributed by atoms with van der Waals surface area (Å²) < 4.78 is 67.4. The van der Waals surface area contributed by atoms with Crippen molar-refractivity contribution in [3.8, 4) is 0 Å². The molecule has 2 aliphatic heterocycles. The molecule has 4 rings (SSSR count). The maximum absolute atomic E-state index is 13.5. The minimum atomic E-state index is -3.93. The van der Waals surface area contributed by atoms with E-state index in [1.807, 2.05) is 0 Å². The summed E-state index contributed by atoms with van der Waals surface area (Å²) in [6.45, 7) is 1.71. The summed E-state index contributed by atoms with van der Waals surface area (Å²) in [6.07, 6.45) is 3.06. The van der Waals surface area contributed by atoms with Crippen molar-refractivity contribution in [2.45, 2.75) is 54.2 Å². The number of hydrogen-bond donors (Lipinski definition) is 1. The number of nitrogens with zero attached hydrogens (tertiary/aromatic N) is 1. The quantitative estimate of drug-likeness (QED) is 0.508. The molecule has 0 aromatic heterocycles. The van der Waals surface area contributed by atoms with Crippen molar-refractivity contribution in [3.63, 3.8) is 0 Å². The van der Waals surface area contributed by atoms with E-state index >= 15 is 0 Å². The fraction of sp³-hybridized carbons (Fsp3) is 0.478. The van der Waals surface area contributed by atoms with Gasteiger partial charge in [-0.2, -0.15) is 4.31 Å². The van der Waals surface area contributed by atoms with Crippen molar-refractivity contribution in [3.05, 3.63) is 59.1 Å². The largest absolute Gasteiger partial charge is 0.377 e. The van der Waals surface area contributed by atoms with Gasteiger partial charge in [0.1, 0.15) is 0 Å². The molecular weight excluding hydrogens is 500 g/mol. The van der Waals surface area contributed by atoms with Gasteiger partial charge in [-0.05, 0) is 61.6 Å². The van der Waals surface area contributed by atoms with E-state index in [1.54, 1.807) is 24.3 Å². The zero-order chi connectivity index (χ0) is 24.2. The van der Waals surface area contributed by atoms with Crippen LogP contribution in [0, 0.1) is 0 Å². The molecule has 0 radical (unpaired) electrons. The number of benzene rings is 2. The predicted octanol–water partition coefficient (Wildman–Crippen LogP) is 3.17. The van der Waals surface area contributed by atoms with Crippen LogP contribution in [0.5, 0.6) is 0 Å². The van der Waals surface area contributed by atoms with E-state index in [-0.39, 0.29) is 41.6 Å². The minimum absolute atomic E-state index is 0.00114. The van der Waals surface area contributed by atoms with Gasteiger partial charge in [0.25, 0.3) is 0 Å². The van der Waals surface area contributed by atoms with E-state index in [2.05, 4.69) is 4.72 Å². The smallest absolute Gasteiger partial charge is 0.243 e. The van der Waals surface area contributed by atoms with E-state index in [0.717, 1.165) is 25.7 Å². The molecule has 0 bridgehead atoms. The fourth-order valence-corrected chi connectivity index (χ4v) is 6.82. The Morgan fingerprint density at radius 3 is 2.12 bits per heavy atom. The average Bonchev–Trinajstić information content (AvgIpc) is 3.53. The van der Waals surface area contributed by atoms with Gasteiger partial charge in [0, 0.05) is 37.9 Å². The molecule has 8 nitrogen and oxygen atoms in total. The molecule has 0 amide bonds. The van der Waals surface area contributed by atoms with Crippen LogP contribution in [0.4, 0.5) is 0 Å². The van der Waals surface area contributed by atoms with Crippen molar-refractivity contribution in [2.24, 2.45) is 0 Å². The van der Waals surface area contributed by atoms with Crippen LogP contribution in [0.3, 0.4) is 0 Å². The van der Waals surface area contributed by atoms with Crippen molar-refractivity contribution in [1.82, 2.24) is 9.03 Å². The Hall–Kier alpha value is -1.53. The van der Waals surface area contributed by atoms with Crippen molar-refractivity contribution >= 4 is 31.6 Å². The Kier molecular flexibility index (Phi) is 8.29. The molecule has 0 saturated carbocycles. The third-order valence-corrected chi connectivity index (χ3v) is 9.67. The number of ether oxygens (including phenoxy) is 2. The van der Waals surface area contributed by atoms with Gasteiger partial charge in [0.15, 0.2) is 0 Å². The molecule has 2 unspecified atom stereocenters. The van der Waals surface area contributed by atoms with E-state index in [9.17, 15) is 16.8 Å². The van der Waals surface area contributed by atoms with E-state index in [4.69, 9.17) is 21.1 Å². The molecular formula is C23H29ClN2O6S2. The Morgan fingerprint density at radius 1 is 0.882 bits per heavy atom. The molecule has 2 aliphatic rings. The van der Waals surface area contributed by atoms with Crippen molar-refractivity contribution in [2.75, 3.05) is 26.3 Å². The first-order chi connectivity index (χ1) is 16.3. The van der Waals surface area contributed by atoms with Crippen LogP contribution in [0.25, 0.3) is 0 Å². The van der Waals surface area contributed by atoms with Crippen LogP contribution in [0.2, 0.25) is 5.02 Å². The number of rotatable bonds is 10. The lowest BCUT2D eigenvalue weighted by atomic mass is 10.2. The molecule has 1 N–H and O–H groups in total. The normalized spacial score (nSPS) is 21.4. The zero-order valence-electron chi connectivity index (χ0n) is 18.7. The van der Waals surface area contributed by atoms with Gasteiger partial charge < -0.3 is 9.47 Å². The molecule has 2 fully saturated rings. The Balaban J connectivity index is 1.53. The number of sulfonamides is 2. The lowest BCUT2D eigenvalue weighted by Crippen LogP contribution is -2.37. The molecule has 2 saturated heterocycles. The van der Waals surface area contributed by atoms with E-state index < -0.39 is 20.0 Å². The Labute approximate surface area is 206 Å². The molecule has 0 aliphatic carbocycles. The van der Waals surface area contributed by atoms with Gasteiger partial charge >= 0.3 is 0 Å². The number of hydrogen-bond acceptors (Lipinski definition) is 6. The monoisotopic (exact) mass is 528 g/mol. The maximum atomic E-state index is 13.5. The predicted molar refractivity (Wildman–Crippen MR) is 129 cm³/mol. The topological polar surface area (TPSA) is 102 Å². The standard InChI is InChI=1S/C23H29ClN2O6S2/c24-23-8-2-1-5-18(23)16-26(17-20-7-4-14-32-20)34(29,30)22-11-9-21(10-12-22)33(27,28)25-15-19-6-3-13-31-19/h1-2,5,8-12,19-20,25H,3-4,6-7,13-17H2. The Morgan fingerprint density at radius 2 is 1.50 bits per heavy atom. The molecule has 186 valence electrons. The number of halogens is 1. The molecule has 2 heterocycles. The van der Waals surface area contributed by atoms with Crippen LogP contribution in [-0.4, -0.2) is 59.7 Å². The van der Waals surface area contributed by atoms with Crippen LogP contribution in [-0.2, 0) is 36.1 Å². The Bertz CT molecular complexity index is 1180. The second-order valence-electron chi connectivity index (χ2n) is 8.48. The first-order valence-corrected chi connectivity index (χ1v) is 14.6. The van der Waals surface area contributed by atoms with Crippen LogP contribution in [0.15, 0.2) is 58.3 Å². The van der Waals surface area contributed by atoms with Crippen molar-refractivity contribution < 1.29 is 26.3 Å². The van der Waals surface area contributed by atoms with E-state index in [1.165, 1.54) is 28.6 Å². The highest BCUT2D eigenvalue weighted by Crippen LogP contribution is 2.26. The second kappa shape index (κ2) is 11.0. The first kappa shape index (κ1) is 25.6. The van der Waals surface area contributed by atoms with Gasteiger partial charge in [-0.3, -0.25) is 0 Å². The summed E-state index contributed by atoms with van der Waals surface area (Å²) in [6, 6.07) is 12.4. The minimum Gasteiger partial charge on any atom is -0.377 e. The molecule has 11 heteroatoms. The summed E-state index contributed by atoms with van der Waals surface area (Å²) in [5.74, 6) is 0. The SMILES string of the molecule is O=S(=O)(NCC1CCCO1)c1ccc(S(=O)(=O)N(Cc2ccccc2Cl)CC2CCCO2)cc1. The third kappa shape index (κ3) is 6.17. The third-order valence-electron chi connectivity index (χ3n) is 6.03. The molecule has 34 heavy (non-hydrogen) atoms. The molecule has 2 aromatic rings. The lowest BCUT2D eigenvalue weighted by Gasteiger charge is -2.25. The van der Waals surface area contributed by atoms with Gasteiger partial charge in [-0.1, -0.05) is 29.8 Å². The van der Waals surface area contributed by atoms with Gasteiger partial charge in [0.05, 0.1) is 22.0 Å².